The van der Waals surface area contributed by atoms with Crippen LogP contribution in [0.2, 0.25) is 5.02 Å². The van der Waals surface area contributed by atoms with Crippen LogP contribution in [0.5, 0.6) is 5.75 Å². The van der Waals surface area contributed by atoms with Gasteiger partial charge >= 0.3 is 0 Å². The second-order valence-electron chi connectivity index (χ2n) is 5.30. The van der Waals surface area contributed by atoms with Crippen molar-refractivity contribution in [2.75, 3.05) is 18.1 Å². The number of rotatable bonds is 4. The zero-order chi connectivity index (χ0) is 14.8. The predicted molar refractivity (Wildman–Crippen MR) is 77.7 cm³/mol. The van der Waals surface area contributed by atoms with E-state index in [9.17, 15) is 18.6 Å². The van der Waals surface area contributed by atoms with Crippen LogP contribution in [0.25, 0.3) is 0 Å². The summed E-state index contributed by atoms with van der Waals surface area (Å²) in [6, 6.07) is 4.77. The summed E-state index contributed by atoms with van der Waals surface area (Å²) in [5.41, 5.74) is -0.173. The topological polar surface area (TPSA) is 86.6 Å². The first-order valence-electron chi connectivity index (χ1n) is 6.40. The number of phenolic OH excluding ortho intramolecular Hbond substituents is 1. The standard InChI is InChI=1S/C13H18ClNO4S/c14-11-5-10(6-12(16)7-11)8-15-9-13(17)1-3-20(18,19)4-2-13/h5-7,15-17H,1-4,8-9H2. The van der Waals surface area contributed by atoms with Crippen molar-refractivity contribution in [2.24, 2.45) is 0 Å². The van der Waals surface area contributed by atoms with Crippen LogP contribution in [0.15, 0.2) is 18.2 Å². The van der Waals surface area contributed by atoms with Crippen LogP contribution in [-0.2, 0) is 16.4 Å². The molecule has 1 aliphatic rings. The molecule has 1 aliphatic heterocycles. The molecule has 0 radical (unpaired) electrons. The van der Waals surface area contributed by atoms with Gasteiger partial charge in [-0.05, 0) is 36.6 Å². The lowest BCUT2D eigenvalue weighted by atomic mass is 9.97. The van der Waals surface area contributed by atoms with Gasteiger partial charge in [0.1, 0.15) is 5.75 Å². The van der Waals surface area contributed by atoms with Crippen molar-refractivity contribution in [3.63, 3.8) is 0 Å². The fourth-order valence-electron chi connectivity index (χ4n) is 2.27. The van der Waals surface area contributed by atoms with Crippen molar-refractivity contribution >= 4 is 21.4 Å². The Kier molecular flexibility index (Phi) is 4.59. The fourth-order valence-corrected chi connectivity index (χ4v) is 4.11. The summed E-state index contributed by atoms with van der Waals surface area (Å²) in [5, 5.41) is 23.2. The number of sulfone groups is 1. The molecule has 0 aliphatic carbocycles. The lowest BCUT2D eigenvalue weighted by Crippen LogP contribution is -2.46. The number of halogens is 1. The van der Waals surface area contributed by atoms with Crippen LogP contribution >= 0.6 is 11.6 Å². The van der Waals surface area contributed by atoms with E-state index in [-0.39, 0.29) is 30.1 Å². The van der Waals surface area contributed by atoms with E-state index in [2.05, 4.69) is 5.32 Å². The van der Waals surface area contributed by atoms with E-state index in [1.165, 1.54) is 6.07 Å². The first kappa shape index (κ1) is 15.6. The molecular formula is C13H18ClNO4S. The Morgan fingerprint density at radius 3 is 2.50 bits per heavy atom. The van der Waals surface area contributed by atoms with Crippen molar-refractivity contribution in [2.45, 2.75) is 25.0 Å². The van der Waals surface area contributed by atoms with Crippen molar-refractivity contribution in [1.82, 2.24) is 5.32 Å². The molecule has 0 spiro atoms. The number of phenols is 1. The summed E-state index contributed by atoms with van der Waals surface area (Å²) in [5.74, 6) is 0.156. The Labute approximate surface area is 123 Å². The molecule has 1 aromatic carbocycles. The number of hydrogen-bond donors (Lipinski definition) is 3. The van der Waals surface area contributed by atoms with Crippen LogP contribution < -0.4 is 5.32 Å². The third-order valence-electron chi connectivity index (χ3n) is 3.48. The maximum absolute atomic E-state index is 11.3. The van der Waals surface area contributed by atoms with Gasteiger partial charge in [-0.1, -0.05) is 11.6 Å². The summed E-state index contributed by atoms with van der Waals surface area (Å²) in [7, 11) is -2.98. The summed E-state index contributed by atoms with van der Waals surface area (Å²) in [6.45, 7) is 0.763. The quantitative estimate of drug-likeness (QED) is 0.773. The van der Waals surface area contributed by atoms with E-state index in [4.69, 9.17) is 11.6 Å². The predicted octanol–water partition coefficient (Wildman–Crippen LogP) is 1.07. The minimum Gasteiger partial charge on any atom is -0.508 e. The minimum atomic E-state index is -2.98. The molecule has 1 fully saturated rings. The van der Waals surface area contributed by atoms with E-state index in [1.807, 2.05) is 0 Å². The fraction of sp³-hybridized carbons (Fsp3) is 0.538. The average molecular weight is 320 g/mol. The average Bonchev–Trinajstić information content (AvgIpc) is 2.33. The molecule has 0 atom stereocenters. The molecule has 1 saturated heterocycles. The van der Waals surface area contributed by atoms with Gasteiger partial charge in [0, 0.05) is 18.1 Å². The number of hydrogen-bond acceptors (Lipinski definition) is 5. The van der Waals surface area contributed by atoms with Crippen LogP contribution in [0.1, 0.15) is 18.4 Å². The lowest BCUT2D eigenvalue weighted by molar-refractivity contribution is 0.0303. The molecule has 0 bridgehead atoms. The van der Waals surface area contributed by atoms with E-state index in [0.29, 0.717) is 18.1 Å². The number of aliphatic hydroxyl groups is 1. The number of benzene rings is 1. The Bertz CT molecular complexity index is 554. The van der Waals surface area contributed by atoms with Gasteiger partial charge in [-0.25, -0.2) is 8.42 Å². The van der Waals surface area contributed by atoms with Crippen LogP contribution in [-0.4, -0.2) is 42.3 Å². The molecule has 2 rings (SSSR count). The van der Waals surface area contributed by atoms with Crippen LogP contribution in [0, 0.1) is 0 Å². The van der Waals surface area contributed by atoms with Crippen molar-refractivity contribution < 1.29 is 18.6 Å². The van der Waals surface area contributed by atoms with Gasteiger partial charge in [0.25, 0.3) is 0 Å². The molecule has 112 valence electrons. The molecule has 20 heavy (non-hydrogen) atoms. The molecule has 0 aromatic heterocycles. The Morgan fingerprint density at radius 1 is 1.25 bits per heavy atom. The maximum atomic E-state index is 11.3. The highest BCUT2D eigenvalue weighted by Crippen LogP contribution is 2.23. The zero-order valence-electron chi connectivity index (χ0n) is 11.0. The summed E-state index contributed by atoms with van der Waals surface area (Å²) in [4.78, 5) is 0. The second-order valence-corrected chi connectivity index (χ2v) is 8.04. The maximum Gasteiger partial charge on any atom is 0.150 e. The second kappa shape index (κ2) is 5.89. The summed E-state index contributed by atoms with van der Waals surface area (Å²) >= 11 is 5.83. The monoisotopic (exact) mass is 319 g/mol. The zero-order valence-corrected chi connectivity index (χ0v) is 12.5. The van der Waals surface area contributed by atoms with Crippen molar-refractivity contribution in [1.29, 1.82) is 0 Å². The molecule has 7 heteroatoms. The highest BCUT2D eigenvalue weighted by atomic mass is 35.5. The normalized spacial score (nSPS) is 20.7. The van der Waals surface area contributed by atoms with E-state index in [0.717, 1.165) is 5.56 Å². The van der Waals surface area contributed by atoms with Crippen LogP contribution in [0.4, 0.5) is 0 Å². The SMILES string of the molecule is O=S1(=O)CCC(O)(CNCc2cc(O)cc(Cl)c2)CC1. The molecule has 0 unspecified atom stereocenters. The highest BCUT2D eigenvalue weighted by Gasteiger charge is 2.34. The first-order valence-corrected chi connectivity index (χ1v) is 8.60. The van der Waals surface area contributed by atoms with E-state index in [1.54, 1.807) is 12.1 Å². The Balaban J connectivity index is 1.86. The molecule has 3 N–H and O–H groups in total. The summed E-state index contributed by atoms with van der Waals surface area (Å²) < 4.78 is 22.7. The van der Waals surface area contributed by atoms with Gasteiger partial charge < -0.3 is 15.5 Å². The third-order valence-corrected chi connectivity index (χ3v) is 5.35. The van der Waals surface area contributed by atoms with Crippen LogP contribution in [0.3, 0.4) is 0 Å². The number of nitrogens with one attached hydrogen (secondary N) is 1. The largest absolute Gasteiger partial charge is 0.508 e. The van der Waals surface area contributed by atoms with E-state index >= 15 is 0 Å². The lowest BCUT2D eigenvalue weighted by Gasteiger charge is -2.32. The van der Waals surface area contributed by atoms with E-state index < -0.39 is 15.4 Å². The molecule has 5 nitrogen and oxygen atoms in total. The Hall–Kier alpha value is -0.820. The first-order chi connectivity index (χ1) is 9.28. The molecule has 1 heterocycles. The van der Waals surface area contributed by atoms with Crippen molar-refractivity contribution in [3.05, 3.63) is 28.8 Å². The number of aromatic hydroxyl groups is 1. The van der Waals surface area contributed by atoms with Gasteiger partial charge in [0.2, 0.25) is 0 Å². The summed E-state index contributed by atoms with van der Waals surface area (Å²) in [6.07, 6.45) is 0.506. The molecule has 0 saturated carbocycles. The smallest absolute Gasteiger partial charge is 0.150 e. The minimum absolute atomic E-state index is 0.0309. The Morgan fingerprint density at radius 2 is 1.90 bits per heavy atom. The van der Waals surface area contributed by atoms with Gasteiger partial charge in [0.05, 0.1) is 17.1 Å². The molecule has 1 aromatic rings. The van der Waals surface area contributed by atoms with Crippen molar-refractivity contribution in [3.8, 4) is 5.75 Å². The van der Waals surface area contributed by atoms with Gasteiger partial charge in [-0.15, -0.1) is 0 Å². The highest BCUT2D eigenvalue weighted by molar-refractivity contribution is 7.91. The van der Waals surface area contributed by atoms with Gasteiger partial charge in [-0.2, -0.15) is 0 Å². The third kappa shape index (κ3) is 4.34. The van der Waals surface area contributed by atoms with Gasteiger partial charge in [0.15, 0.2) is 9.84 Å². The van der Waals surface area contributed by atoms with Gasteiger partial charge in [-0.3, -0.25) is 0 Å². The molecular weight excluding hydrogens is 302 g/mol. The molecule has 0 amide bonds.